The summed E-state index contributed by atoms with van der Waals surface area (Å²) >= 11 is 1.27. The minimum Gasteiger partial charge on any atom is -0.316 e. The van der Waals surface area contributed by atoms with Crippen LogP contribution >= 0.6 is 11.3 Å². The lowest BCUT2D eigenvalue weighted by atomic mass is 10.2. The number of nitrogens with two attached hydrogens (primary N) is 1. The van der Waals surface area contributed by atoms with Crippen molar-refractivity contribution in [1.82, 2.24) is 4.57 Å². The molecule has 0 saturated heterocycles. The Balaban J connectivity index is 2.18. The lowest BCUT2D eigenvalue weighted by Gasteiger charge is -2.03. The Morgan fingerprint density at radius 3 is 2.56 bits per heavy atom. The Bertz CT molecular complexity index is 1100. The van der Waals surface area contributed by atoms with Crippen LogP contribution in [0.4, 0.5) is 0 Å². The van der Waals surface area contributed by atoms with Crippen LogP contribution in [0.25, 0.3) is 10.2 Å². The number of fused-ring (bicyclic) bond motifs is 1. The molecule has 0 bridgehead atoms. The van der Waals surface area contributed by atoms with Crippen molar-refractivity contribution in [2.75, 3.05) is 0 Å². The second-order valence-corrected chi connectivity index (χ2v) is 8.06. The molecule has 0 atom stereocenters. The Labute approximate surface area is 149 Å². The summed E-state index contributed by atoms with van der Waals surface area (Å²) in [6.45, 7) is 2.70. The number of primary sulfonamides is 1. The highest BCUT2D eigenvalue weighted by Gasteiger charge is 2.13. The summed E-state index contributed by atoms with van der Waals surface area (Å²) in [6, 6.07) is 13.5. The zero-order chi connectivity index (χ0) is 18.0. The van der Waals surface area contributed by atoms with E-state index in [1.54, 1.807) is 30.3 Å². The van der Waals surface area contributed by atoms with Gasteiger partial charge >= 0.3 is 0 Å². The predicted octanol–water partition coefficient (Wildman–Crippen LogP) is 2.50. The summed E-state index contributed by atoms with van der Waals surface area (Å²) in [5.41, 5.74) is 1.34. The molecule has 1 aromatic heterocycles. The predicted molar refractivity (Wildman–Crippen MR) is 97.8 cm³/mol. The minimum atomic E-state index is -3.78. The Kier molecular flexibility index (Phi) is 4.85. The number of nitrogens with zero attached hydrogens (tertiary/aromatic N) is 2. The number of hydrogen-bond donors (Lipinski definition) is 1. The molecule has 0 fully saturated rings. The van der Waals surface area contributed by atoms with E-state index in [0.717, 1.165) is 16.6 Å². The van der Waals surface area contributed by atoms with Crippen LogP contribution < -0.4 is 9.94 Å². The van der Waals surface area contributed by atoms with Crippen LogP contribution in [-0.2, 0) is 16.6 Å². The minimum absolute atomic E-state index is 0.0471. The highest BCUT2D eigenvalue weighted by Crippen LogP contribution is 2.21. The summed E-state index contributed by atoms with van der Waals surface area (Å²) in [7, 11) is -3.78. The number of aromatic nitrogens is 1. The fourth-order valence-corrected chi connectivity index (χ4v) is 4.20. The van der Waals surface area contributed by atoms with Crippen molar-refractivity contribution in [2.45, 2.75) is 24.8 Å². The number of rotatable bonds is 4. The number of aryl methyl sites for hydroxylation is 1. The van der Waals surface area contributed by atoms with Gasteiger partial charge in [0.15, 0.2) is 4.80 Å². The largest absolute Gasteiger partial charge is 0.316 e. The smallest absolute Gasteiger partial charge is 0.279 e. The van der Waals surface area contributed by atoms with Crippen LogP contribution in [0.15, 0.2) is 58.4 Å². The fourth-order valence-electron chi connectivity index (χ4n) is 2.49. The molecular weight excluding hydrogens is 358 g/mol. The zero-order valence-corrected chi connectivity index (χ0v) is 15.2. The van der Waals surface area contributed by atoms with Gasteiger partial charge in [0.1, 0.15) is 0 Å². The number of thiazole rings is 1. The Morgan fingerprint density at radius 1 is 1.20 bits per heavy atom. The molecule has 0 spiro atoms. The molecular formula is C17H17N3O3S2. The van der Waals surface area contributed by atoms with E-state index < -0.39 is 10.0 Å². The average Bonchev–Trinajstić information content (AvgIpc) is 2.92. The van der Waals surface area contributed by atoms with Crippen molar-refractivity contribution in [2.24, 2.45) is 10.1 Å². The van der Waals surface area contributed by atoms with Gasteiger partial charge < -0.3 is 4.57 Å². The first-order valence-corrected chi connectivity index (χ1v) is 10.1. The van der Waals surface area contributed by atoms with Crippen LogP contribution in [0, 0.1) is 0 Å². The van der Waals surface area contributed by atoms with Crippen molar-refractivity contribution in [3.8, 4) is 0 Å². The SMILES string of the molecule is CCCn1c(=NC(=O)c2ccccc2)sc2cc(S(N)(=O)=O)ccc21. The molecule has 0 saturated carbocycles. The first-order chi connectivity index (χ1) is 11.9. The van der Waals surface area contributed by atoms with Crippen LogP contribution in [0.2, 0.25) is 0 Å². The maximum absolute atomic E-state index is 12.4. The molecule has 0 unspecified atom stereocenters. The summed E-state index contributed by atoms with van der Waals surface area (Å²) < 4.78 is 25.8. The van der Waals surface area contributed by atoms with Crippen molar-refractivity contribution < 1.29 is 13.2 Å². The molecule has 3 aromatic rings. The average molecular weight is 375 g/mol. The topological polar surface area (TPSA) is 94.5 Å². The first-order valence-electron chi connectivity index (χ1n) is 7.70. The van der Waals surface area contributed by atoms with E-state index in [2.05, 4.69) is 4.99 Å². The number of hydrogen-bond acceptors (Lipinski definition) is 4. The van der Waals surface area contributed by atoms with E-state index in [0.29, 0.717) is 16.9 Å². The van der Waals surface area contributed by atoms with Crippen molar-refractivity contribution >= 4 is 37.5 Å². The fraction of sp³-hybridized carbons (Fsp3) is 0.176. The molecule has 1 heterocycles. The van der Waals surface area contributed by atoms with Gasteiger partial charge in [0.2, 0.25) is 10.0 Å². The van der Waals surface area contributed by atoms with E-state index in [1.807, 2.05) is 17.6 Å². The molecule has 6 nitrogen and oxygen atoms in total. The second-order valence-electron chi connectivity index (χ2n) is 5.49. The molecule has 2 N–H and O–H groups in total. The van der Waals surface area contributed by atoms with Crippen molar-refractivity contribution in [1.29, 1.82) is 0 Å². The standard InChI is InChI=1S/C17H17N3O3S2/c1-2-10-20-14-9-8-13(25(18,22)23)11-15(14)24-17(20)19-16(21)12-6-4-3-5-7-12/h3-9,11H,2,10H2,1H3,(H2,18,22,23). The Hall–Kier alpha value is -2.29. The number of benzene rings is 2. The van der Waals surface area contributed by atoms with Crippen molar-refractivity contribution in [3.05, 3.63) is 58.9 Å². The van der Waals surface area contributed by atoms with Crippen LogP contribution in [0.3, 0.4) is 0 Å². The molecule has 0 aliphatic rings. The highest BCUT2D eigenvalue weighted by atomic mass is 32.2. The van der Waals surface area contributed by atoms with Crippen molar-refractivity contribution in [3.63, 3.8) is 0 Å². The third-order valence-corrected chi connectivity index (χ3v) is 5.60. The quantitative estimate of drug-likeness (QED) is 0.759. The van der Waals surface area contributed by atoms with Gasteiger partial charge in [0, 0.05) is 12.1 Å². The highest BCUT2D eigenvalue weighted by molar-refractivity contribution is 7.89. The number of carbonyl (C=O) groups excluding carboxylic acids is 1. The van der Waals surface area contributed by atoms with Crippen LogP contribution in [-0.4, -0.2) is 18.9 Å². The molecule has 0 aliphatic heterocycles. The molecule has 3 rings (SSSR count). The zero-order valence-electron chi connectivity index (χ0n) is 13.5. The summed E-state index contributed by atoms with van der Waals surface area (Å²) in [6.07, 6.45) is 0.857. The molecule has 130 valence electrons. The normalized spacial score (nSPS) is 12.6. The maximum atomic E-state index is 12.4. The molecule has 1 amide bonds. The van der Waals surface area contributed by atoms with Gasteiger partial charge in [-0.15, -0.1) is 0 Å². The van der Waals surface area contributed by atoms with Gasteiger partial charge in [-0.25, -0.2) is 13.6 Å². The van der Waals surface area contributed by atoms with Crippen LogP contribution in [0.1, 0.15) is 23.7 Å². The van der Waals surface area contributed by atoms with Gasteiger partial charge in [0.05, 0.1) is 15.1 Å². The van der Waals surface area contributed by atoms with Gasteiger partial charge in [-0.1, -0.05) is 36.5 Å². The lowest BCUT2D eigenvalue weighted by molar-refractivity contribution is 0.0998. The van der Waals surface area contributed by atoms with Gasteiger partial charge in [0.25, 0.3) is 5.91 Å². The van der Waals surface area contributed by atoms with Crippen LogP contribution in [0.5, 0.6) is 0 Å². The maximum Gasteiger partial charge on any atom is 0.279 e. The molecule has 25 heavy (non-hydrogen) atoms. The molecule has 0 aliphatic carbocycles. The van der Waals surface area contributed by atoms with E-state index in [-0.39, 0.29) is 10.8 Å². The summed E-state index contributed by atoms with van der Waals surface area (Å²) in [4.78, 5) is 17.2. The van der Waals surface area contributed by atoms with Gasteiger partial charge in [-0.2, -0.15) is 4.99 Å². The third kappa shape index (κ3) is 3.71. The first kappa shape index (κ1) is 17.5. The second kappa shape index (κ2) is 6.91. The summed E-state index contributed by atoms with van der Waals surface area (Å²) in [5, 5.41) is 5.20. The monoisotopic (exact) mass is 375 g/mol. The van der Waals surface area contributed by atoms with E-state index >= 15 is 0 Å². The number of carbonyl (C=O) groups is 1. The van der Waals surface area contributed by atoms with E-state index in [9.17, 15) is 13.2 Å². The van der Waals surface area contributed by atoms with Gasteiger partial charge in [-0.05, 0) is 36.8 Å². The van der Waals surface area contributed by atoms with E-state index in [4.69, 9.17) is 5.14 Å². The lowest BCUT2D eigenvalue weighted by Crippen LogP contribution is -2.17. The Morgan fingerprint density at radius 2 is 1.92 bits per heavy atom. The molecule has 0 radical (unpaired) electrons. The third-order valence-electron chi connectivity index (χ3n) is 3.65. The number of amides is 1. The molecule has 2 aromatic carbocycles. The number of sulfonamides is 1. The van der Waals surface area contributed by atoms with Gasteiger partial charge in [-0.3, -0.25) is 4.79 Å². The molecule has 8 heteroatoms. The van der Waals surface area contributed by atoms with E-state index in [1.165, 1.54) is 23.5 Å². The summed E-state index contributed by atoms with van der Waals surface area (Å²) in [5.74, 6) is -0.330.